The van der Waals surface area contributed by atoms with E-state index in [1.165, 1.54) is 35.9 Å². The molecule has 1 aromatic rings. The lowest BCUT2D eigenvalue weighted by molar-refractivity contribution is 0.787. The molecule has 0 aromatic carbocycles. The second-order valence-electron chi connectivity index (χ2n) is 3.88. The summed E-state index contributed by atoms with van der Waals surface area (Å²) in [6.45, 7) is 5.21. The molecule has 78 valence electrons. The predicted octanol–water partition coefficient (Wildman–Crippen LogP) is 1.81. The largest absolute Gasteiger partial charge is 0.348 e. The van der Waals surface area contributed by atoms with E-state index in [0.29, 0.717) is 12.5 Å². The Kier molecular flexibility index (Phi) is 3.03. The van der Waals surface area contributed by atoms with Crippen LogP contribution in [0.3, 0.4) is 0 Å². The molecular formula is C10H17N3S. The molecule has 0 amide bonds. The van der Waals surface area contributed by atoms with Crippen LogP contribution in [-0.4, -0.2) is 24.6 Å². The number of hydrogen-bond acceptors (Lipinski definition) is 4. The normalized spacial score (nSPS) is 18.9. The van der Waals surface area contributed by atoms with Crippen molar-refractivity contribution in [3.8, 4) is 0 Å². The van der Waals surface area contributed by atoms with Gasteiger partial charge in [0, 0.05) is 30.1 Å². The molecule has 1 aromatic heterocycles. The van der Waals surface area contributed by atoms with Crippen LogP contribution in [0.4, 0.5) is 5.13 Å². The number of anilines is 1. The fourth-order valence-corrected chi connectivity index (χ4v) is 2.71. The Balaban J connectivity index is 2.08. The fraction of sp³-hybridized carbons (Fsp3) is 0.700. The Hall–Kier alpha value is -0.610. The van der Waals surface area contributed by atoms with Crippen LogP contribution >= 0.6 is 11.3 Å². The molecule has 2 N–H and O–H groups in total. The van der Waals surface area contributed by atoms with Crippen molar-refractivity contribution < 1.29 is 0 Å². The van der Waals surface area contributed by atoms with Crippen LogP contribution < -0.4 is 10.6 Å². The summed E-state index contributed by atoms with van der Waals surface area (Å²) in [6, 6.07) is 0. The standard InChI is InChI=1S/C10H17N3S/c1-8(6-11)9-7-12-10(14-9)13-4-2-3-5-13/h7-8H,2-6,11H2,1H3. The maximum Gasteiger partial charge on any atom is 0.185 e. The minimum atomic E-state index is 0.448. The molecule has 0 spiro atoms. The van der Waals surface area contributed by atoms with E-state index in [-0.39, 0.29) is 0 Å². The van der Waals surface area contributed by atoms with E-state index in [9.17, 15) is 0 Å². The highest BCUT2D eigenvalue weighted by Crippen LogP contribution is 2.29. The smallest absolute Gasteiger partial charge is 0.185 e. The van der Waals surface area contributed by atoms with Gasteiger partial charge in [-0.3, -0.25) is 0 Å². The van der Waals surface area contributed by atoms with Crippen molar-refractivity contribution >= 4 is 16.5 Å². The van der Waals surface area contributed by atoms with E-state index in [2.05, 4.69) is 16.8 Å². The SMILES string of the molecule is CC(CN)c1cnc(N2CCCC2)s1. The molecule has 1 saturated heterocycles. The summed E-state index contributed by atoms with van der Waals surface area (Å²) in [6.07, 6.45) is 4.60. The summed E-state index contributed by atoms with van der Waals surface area (Å²) in [5, 5.41) is 1.18. The molecule has 1 aliphatic rings. The van der Waals surface area contributed by atoms with Gasteiger partial charge in [-0.05, 0) is 19.4 Å². The van der Waals surface area contributed by atoms with Crippen molar-refractivity contribution in [2.45, 2.75) is 25.7 Å². The van der Waals surface area contributed by atoms with E-state index in [1.807, 2.05) is 6.20 Å². The quantitative estimate of drug-likeness (QED) is 0.829. The second-order valence-corrected chi connectivity index (χ2v) is 4.92. The molecule has 0 saturated carbocycles. The van der Waals surface area contributed by atoms with Crippen molar-refractivity contribution in [3.63, 3.8) is 0 Å². The lowest BCUT2D eigenvalue weighted by Crippen LogP contribution is -2.16. The number of rotatable bonds is 3. The molecule has 2 rings (SSSR count). The minimum Gasteiger partial charge on any atom is -0.348 e. The monoisotopic (exact) mass is 211 g/mol. The third-order valence-electron chi connectivity index (χ3n) is 2.73. The number of nitrogens with two attached hydrogens (primary N) is 1. The van der Waals surface area contributed by atoms with Gasteiger partial charge in [0.1, 0.15) is 0 Å². The third-order valence-corrected chi connectivity index (χ3v) is 4.02. The topological polar surface area (TPSA) is 42.1 Å². The van der Waals surface area contributed by atoms with Crippen LogP contribution in [0.25, 0.3) is 0 Å². The number of nitrogens with zero attached hydrogens (tertiary/aromatic N) is 2. The molecule has 2 heterocycles. The lowest BCUT2D eigenvalue weighted by atomic mass is 10.2. The van der Waals surface area contributed by atoms with Crippen molar-refractivity contribution in [1.29, 1.82) is 0 Å². The summed E-state index contributed by atoms with van der Waals surface area (Å²) >= 11 is 1.80. The van der Waals surface area contributed by atoms with Crippen molar-refractivity contribution in [2.24, 2.45) is 5.73 Å². The highest BCUT2D eigenvalue weighted by atomic mass is 32.1. The molecule has 4 heteroatoms. The summed E-state index contributed by atoms with van der Waals surface area (Å²) in [7, 11) is 0. The Morgan fingerprint density at radius 3 is 2.93 bits per heavy atom. The third kappa shape index (κ3) is 1.91. The maximum atomic E-state index is 5.63. The zero-order valence-corrected chi connectivity index (χ0v) is 9.39. The van der Waals surface area contributed by atoms with E-state index in [4.69, 9.17) is 5.73 Å². The number of aromatic nitrogens is 1. The van der Waals surface area contributed by atoms with E-state index >= 15 is 0 Å². The Bertz CT molecular complexity index is 291. The van der Waals surface area contributed by atoms with Gasteiger partial charge in [-0.2, -0.15) is 0 Å². The lowest BCUT2D eigenvalue weighted by Gasteiger charge is -2.12. The van der Waals surface area contributed by atoms with Crippen LogP contribution in [0.15, 0.2) is 6.20 Å². The maximum absolute atomic E-state index is 5.63. The molecule has 14 heavy (non-hydrogen) atoms. The number of thiazole rings is 1. The zero-order chi connectivity index (χ0) is 9.97. The van der Waals surface area contributed by atoms with E-state index in [0.717, 1.165) is 0 Å². The molecular weight excluding hydrogens is 194 g/mol. The first-order valence-electron chi connectivity index (χ1n) is 5.22. The summed E-state index contributed by atoms with van der Waals surface area (Å²) in [4.78, 5) is 8.14. The summed E-state index contributed by atoms with van der Waals surface area (Å²) in [5.74, 6) is 0.448. The van der Waals surface area contributed by atoms with Gasteiger partial charge in [0.15, 0.2) is 5.13 Å². The highest BCUT2D eigenvalue weighted by molar-refractivity contribution is 7.15. The van der Waals surface area contributed by atoms with Gasteiger partial charge in [0.25, 0.3) is 0 Å². The molecule has 1 atom stereocenters. The summed E-state index contributed by atoms with van der Waals surface area (Å²) < 4.78 is 0. The van der Waals surface area contributed by atoms with Gasteiger partial charge in [0.2, 0.25) is 0 Å². The molecule has 0 aliphatic carbocycles. The average Bonchev–Trinajstić information content (AvgIpc) is 2.86. The van der Waals surface area contributed by atoms with Crippen molar-refractivity contribution in [1.82, 2.24) is 4.98 Å². The van der Waals surface area contributed by atoms with Crippen LogP contribution in [-0.2, 0) is 0 Å². The number of hydrogen-bond donors (Lipinski definition) is 1. The Morgan fingerprint density at radius 2 is 2.29 bits per heavy atom. The van der Waals surface area contributed by atoms with Crippen molar-refractivity contribution in [3.05, 3.63) is 11.1 Å². The highest BCUT2D eigenvalue weighted by Gasteiger charge is 2.16. The first kappa shape index (κ1) is 9.93. The average molecular weight is 211 g/mol. The van der Waals surface area contributed by atoms with Gasteiger partial charge in [0.05, 0.1) is 0 Å². The Morgan fingerprint density at radius 1 is 1.57 bits per heavy atom. The molecule has 1 unspecified atom stereocenters. The fourth-order valence-electron chi connectivity index (χ4n) is 1.68. The van der Waals surface area contributed by atoms with Crippen LogP contribution in [0.5, 0.6) is 0 Å². The second kappa shape index (κ2) is 4.28. The molecule has 1 aliphatic heterocycles. The van der Waals surface area contributed by atoms with Crippen LogP contribution in [0, 0.1) is 0 Å². The molecule has 0 bridgehead atoms. The van der Waals surface area contributed by atoms with Crippen LogP contribution in [0.1, 0.15) is 30.6 Å². The van der Waals surface area contributed by atoms with Gasteiger partial charge in [-0.25, -0.2) is 4.98 Å². The predicted molar refractivity (Wildman–Crippen MR) is 61.0 cm³/mol. The zero-order valence-electron chi connectivity index (χ0n) is 8.57. The van der Waals surface area contributed by atoms with Gasteiger partial charge < -0.3 is 10.6 Å². The van der Waals surface area contributed by atoms with E-state index in [1.54, 1.807) is 11.3 Å². The van der Waals surface area contributed by atoms with E-state index < -0.39 is 0 Å². The van der Waals surface area contributed by atoms with Gasteiger partial charge in [-0.1, -0.05) is 6.92 Å². The van der Waals surface area contributed by atoms with Crippen LogP contribution in [0.2, 0.25) is 0 Å². The Labute approximate surface area is 88.9 Å². The summed E-state index contributed by atoms with van der Waals surface area (Å²) in [5.41, 5.74) is 5.63. The van der Waals surface area contributed by atoms with Gasteiger partial charge >= 0.3 is 0 Å². The molecule has 1 fully saturated rings. The molecule has 3 nitrogen and oxygen atoms in total. The minimum absolute atomic E-state index is 0.448. The van der Waals surface area contributed by atoms with Crippen molar-refractivity contribution in [2.75, 3.05) is 24.5 Å². The first-order chi connectivity index (χ1) is 6.81. The van der Waals surface area contributed by atoms with Gasteiger partial charge in [-0.15, -0.1) is 11.3 Å². The molecule has 0 radical (unpaired) electrons. The first-order valence-corrected chi connectivity index (χ1v) is 6.03.